The van der Waals surface area contributed by atoms with Gasteiger partial charge in [0.1, 0.15) is 5.75 Å². The highest BCUT2D eigenvalue weighted by molar-refractivity contribution is 7.89. The highest BCUT2D eigenvalue weighted by atomic mass is 32.2. The molecule has 0 aliphatic rings. The Morgan fingerprint density at radius 3 is 2.42 bits per heavy atom. The van der Waals surface area contributed by atoms with Crippen LogP contribution >= 0.6 is 0 Å². The molecule has 0 unspecified atom stereocenters. The first-order valence-electron chi connectivity index (χ1n) is 6.09. The summed E-state index contributed by atoms with van der Waals surface area (Å²) >= 11 is 0. The number of sulfonamides is 1. The number of ether oxygens (including phenoxy) is 1. The Morgan fingerprint density at radius 2 is 1.95 bits per heavy atom. The van der Waals surface area contributed by atoms with Gasteiger partial charge in [0.25, 0.3) is 0 Å². The SMILES string of the molecule is CCC(C)(C)N(C)S(=O)(=O)c1ccc(N)c(OC)c1. The zero-order valence-corrected chi connectivity index (χ0v) is 12.9. The van der Waals surface area contributed by atoms with E-state index in [4.69, 9.17) is 10.5 Å². The van der Waals surface area contributed by atoms with E-state index in [1.807, 2.05) is 20.8 Å². The summed E-state index contributed by atoms with van der Waals surface area (Å²) < 4.78 is 31.5. The van der Waals surface area contributed by atoms with Gasteiger partial charge in [0.05, 0.1) is 17.7 Å². The maximum Gasteiger partial charge on any atom is 0.243 e. The zero-order valence-electron chi connectivity index (χ0n) is 12.1. The number of hydrogen-bond acceptors (Lipinski definition) is 4. The van der Waals surface area contributed by atoms with Crippen molar-refractivity contribution in [3.05, 3.63) is 18.2 Å². The van der Waals surface area contributed by atoms with Crippen molar-refractivity contribution in [3.8, 4) is 5.75 Å². The summed E-state index contributed by atoms with van der Waals surface area (Å²) in [5.74, 6) is 0.365. The molecule has 0 radical (unpaired) electrons. The first-order chi connectivity index (χ1) is 8.66. The van der Waals surface area contributed by atoms with Crippen LogP contribution in [0.4, 0.5) is 5.69 Å². The quantitative estimate of drug-likeness (QED) is 0.841. The molecule has 0 spiro atoms. The Kier molecular flexibility index (Phi) is 4.47. The van der Waals surface area contributed by atoms with Crippen LogP contribution in [0, 0.1) is 0 Å². The molecule has 0 fully saturated rings. The average Bonchev–Trinajstić information content (AvgIpc) is 2.38. The summed E-state index contributed by atoms with van der Waals surface area (Å²) in [5.41, 5.74) is 5.66. The van der Waals surface area contributed by atoms with Crippen molar-refractivity contribution in [1.82, 2.24) is 4.31 Å². The second-order valence-electron chi connectivity index (χ2n) is 5.04. The molecule has 19 heavy (non-hydrogen) atoms. The summed E-state index contributed by atoms with van der Waals surface area (Å²) in [6.45, 7) is 5.73. The molecule has 2 N–H and O–H groups in total. The van der Waals surface area contributed by atoms with Gasteiger partial charge in [0.2, 0.25) is 10.0 Å². The van der Waals surface area contributed by atoms with Crippen LogP contribution in [0.25, 0.3) is 0 Å². The molecule has 1 rings (SSSR count). The molecule has 0 amide bonds. The summed E-state index contributed by atoms with van der Waals surface area (Å²) in [5, 5.41) is 0. The molecular weight excluding hydrogens is 264 g/mol. The Balaban J connectivity index is 3.28. The Labute approximate surface area is 115 Å². The van der Waals surface area contributed by atoms with Crippen molar-refractivity contribution in [1.29, 1.82) is 0 Å². The lowest BCUT2D eigenvalue weighted by molar-refractivity contribution is 0.257. The fourth-order valence-corrected chi connectivity index (χ4v) is 3.15. The first-order valence-corrected chi connectivity index (χ1v) is 7.53. The molecule has 0 aromatic heterocycles. The summed E-state index contributed by atoms with van der Waals surface area (Å²) in [6, 6.07) is 4.49. The summed E-state index contributed by atoms with van der Waals surface area (Å²) in [6.07, 6.45) is 0.717. The molecule has 0 saturated carbocycles. The number of rotatable bonds is 5. The number of hydrogen-bond donors (Lipinski definition) is 1. The number of nitrogen functional groups attached to an aromatic ring is 1. The maximum absolute atomic E-state index is 12.5. The van der Waals surface area contributed by atoms with Crippen molar-refractivity contribution in [3.63, 3.8) is 0 Å². The van der Waals surface area contributed by atoms with E-state index < -0.39 is 15.6 Å². The van der Waals surface area contributed by atoms with Gasteiger partial charge in [-0.3, -0.25) is 0 Å². The standard InChI is InChI=1S/C13H22N2O3S/c1-6-13(2,3)15(4)19(16,17)10-7-8-11(14)12(9-10)18-5/h7-9H,6,14H2,1-5H3. The monoisotopic (exact) mass is 286 g/mol. The number of anilines is 1. The molecule has 0 bridgehead atoms. The van der Waals surface area contributed by atoms with E-state index in [0.717, 1.165) is 6.42 Å². The topological polar surface area (TPSA) is 72.6 Å². The molecule has 0 aliphatic carbocycles. The van der Waals surface area contributed by atoms with Gasteiger partial charge in [-0.15, -0.1) is 0 Å². The van der Waals surface area contributed by atoms with Crippen LogP contribution in [0.3, 0.4) is 0 Å². The van der Waals surface area contributed by atoms with E-state index in [-0.39, 0.29) is 4.90 Å². The van der Waals surface area contributed by atoms with E-state index in [9.17, 15) is 8.42 Å². The van der Waals surface area contributed by atoms with Crippen LogP contribution in [0.15, 0.2) is 23.1 Å². The summed E-state index contributed by atoms with van der Waals surface area (Å²) in [4.78, 5) is 0.183. The highest BCUT2D eigenvalue weighted by Crippen LogP contribution is 2.29. The molecule has 0 heterocycles. The smallest absolute Gasteiger partial charge is 0.243 e. The van der Waals surface area contributed by atoms with Gasteiger partial charge in [-0.05, 0) is 32.4 Å². The van der Waals surface area contributed by atoms with Crippen LogP contribution in [-0.4, -0.2) is 32.4 Å². The maximum atomic E-state index is 12.5. The second-order valence-corrected chi connectivity index (χ2v) is 7.01. The molecule has 0 aliphatic heterocycles. The third kappa shape index (κ3) is 3.01. The predicted octanol–water partition coefficient (Wildman–Crippen LogP) is 2.09. The highest BCUT2D eigenvalue weighted by Gasteiger charge is 2.32. The van der Waals surface area contributed by atoms with E-state index in [0.29, 0.717) is 11.4 Å². The van der Waals surface area contributed by atoms with E-state index in [1.165, 1.54) is 23.5 Å². The second kappa shape index (κ2) is 5.38. The minimum absolute atomic E-state index is 0.183. The molecule has 5 nitrogen and oxygen atoms in total. The lowest BCUT2D eigenvalue weighted by Gasteiger charge is -2.33. The molecular formula is C13H22N2O3S. The van der Waals surface area contributed by atoms with Gasteiger partial charge >= 0.3 is 0 Å². The number of methoxy groups -OCH3 is 1. The van der Waals surface area contributed by atoms with Gasteiger partial charge in [-0.25, -0.2) is 8.42 Å². The van der Waals surface area contributed by atoms with Crippen LogP contribution in [0.2, 0.25) is 0 Å². The van der Waals surface area contributed by atoms with Crippen molar-refractivity contribution in [2.24, 2.45) is 0 Å². The van der Waals surface area contributed by atoms with Crippen LogP contribution in [-0.2, 0) is 10.0 Å². The van der Waals surface area contributed by atoms with Gasteiger partial charge in [-0.1, -0.05) is 6.92 Å². The molecule has 1 aromatic carbocycles. The lowest BCUT2D eigenvalue weighted by Crippen LogP contribution is -2.44. The minimum atomic E-state index is -3.56. The van der Waals surface area contributed by atoms with Crippen molar-refractivity contribution in [2.45, 2.75) is 37.6 Å². The fraction of sp³-hybridized carbons (Fsp3) is 0.538. The third-order valence-corrected chi connectivity index (χ3v) is 5.65. The Bertz CT molecular complexity index is 553. The third-order valence-electron chi connectivity index (χ3n) is 3.58. The normalized spacial score (nSPS) is 12.7. The van der Waals surface area contributed by atoms with Gasteiger partial charge < -0.3 is 10.5 Å². The number of nitrogens with two attached hydrogens (primary N) is 1. The molecule has 6 heteroatoms. The molecule has 0 saturated heterocycles. The van der Waals surface area contributed by atoms with Gasteiger partial charge in [0.15, 0.2) is 0 Å². The first kappa shape index (κ1) is 15.8. The van der Waals surface area contributed by atoms with Crippen LogP contribution in [0.1, 0.15) is 27.2 Å². The molecule has 0 atom stereocenters. The van der Waals surface area contributed by atoms with Crippen molar-refractivity contribution >= 4 is 15.7 Å². The lowest BCUT2D eigenvalue weighted by atomic mass is 10.0. The molecule has 108 valence electrons. The zero-order chi connectivity index (χ0) is 14.8. The largest absolute Gasteiger partial charge is 0.495 e. The Morgan fingerprint density at radius 1 is 1.37 bits per heavy atom. The van der Waals surface area contributed by atoms with E-state index in [1.54, 1.807) is 13.1 Å². The van der Waals surface area contributed by atoms with E-state index >= 15 is 0 Å². The summed E-state index contributed by atoms with van der Waals surface area (Å²) in [7, 11) is -0.515. The van der Waals surface area contributed by atoms with Crippen LogP contribution < -0.4 is 10.5 Å². The predicted molar refractivity (Wildman–Crippen MR) is 76.7 cm³/mol. The van der Waals surface area contributed by atoms with Crippen molar-refractivity contribution < 1.29 is 13.2 Å². The van der Waals surface area contributed by atoms with Gasteiger partial charge in [0, 0.05) is 18.7 Å². The number of nitrogens with zero attached hydrogens (tertiary/aromatic N) is 1. The number of benzene rings is 1. The van der Waals surface area contributed by atoms with Crippen molar-refractivity contribution in [2.75, 3.05) is 19.9 Å². The minimum Gasteiger partial charge on any atom is -0.495 e. The van der Waals surface area contributed by atoms with E-state index in [2.05, 4.69) is 0 Å². The average molecular weight is 286 g/mol. The molecule has 1 aromatic rings. The Hall–Kier alpha value is -1.27. The van der Waals surface area contributed by atoms with Crippen LogP contribution in [0.5, 0.6) is 5.75 Å². The van der Waals surface area contributed by atoms with Gasteiger partial charge in [-0.2, -0.15) is 4.31 Å². The fourth-order valence-electron chi connectivity index (χ4n) is 1.56.